The van der Waals surface area contributed by atoms with Gasteiger partial charge >= 0.3 is 0 Å². The maximum absolute atomic E-state index is 12.4. The van der Waals surface area contributed by atoms with Crippen molar-refractivity contribution in [1.29, 1.82) is 0 Å². The van der Waals surface area contributed by atoms with Crippen LogP contribution in [0.1, 0.15) is 36.0 Å². The zero-order valence-electron chi connectivity index (χ0n) is 11.1. The third kappa shape index (κ3) is 3.36. The maximum Gasteiger partial charge on any atom is 0.250 e. The van der Waals surface area contributed by atoms with Gasteiger partial charge in [0.1, 0.15) is 0 Å². The average Bonchev–Trinajstić information content (AvgIpc) is 2.41. The summed E-state index contributed by atoms with van der Waals surface area (Å²) in [6.07, 6.45) is 3.01. The summed E-state index contributed by atoms with van der Waals surface area (Å²) in [5.41, 5.74) is 11.0. The van der Waals surface area contributed by atoms with E-state index in [1.54, 1.807) is 12.1 Å². The van der Waals surface area contributed by atoms with Gasteiger partial charge < -0.3 is 11.5 Å². The first-order valence-electron chi connectivity index (χ1n) is 6.57. The molecule has 0 bridgehead atoms. The second-order valence-corrected chi connectivity index (χ2v) is 6.78. The molecule has 0 aromatic heterocycles. The Morgan fingerprint density at radius 2 is 1.75 bits per heavy atom. The summed E-state index contributed by atoms with van der Waals surface area (Å²) >= 11 is 0. The number of carbonyl (C=O) groups is 1. The highest BCUT2D eigenvalue weighted by molar-refractivity contribution is 7.89. The average molecular weight is 297 g/mol. The topological polar surface area (TPSA) is 115 Å². The van der Waals surface area contributed by atoms with Gasteiger partial charge in [-0.15, -0.1) is 0 Å². The molecular weight excluding hydrogens is 278 g/mol. The quantitative estimate of drug-likeness (QED) is 0.743. The number of amides is 1. The second kappa shape index (κ2) is 5.90. The third-order valence-corrected chi connectivity index (χ3v) is 5.11. The predicted molar refractivity (Wildman–Crippen MR) is 75.5 cm³/mol. The number of sulfonamides is 1. The first kappa shape index (κ1) is 15.0. The third-order valence-electron chi connectivity index (χ3n) is 3.54. The van der Waals surface area contributed by atoms with Gasteiger partial charge in [0.25, 0.3) is 0 Å². The second-order valence-electron chi connectivity index (χ2n) is 5.09. The van der Waals surface area contributed by atoms with Crippen LogP contribution in [0, 0.1) is 0 Å². The summed E-state index contributed by atoms with van der Waals surface area (Å²) in [7, 11) is -3.74. The fourth-order valence-corrected chi connectivity index (χ4v) is 3.94. The Bertz CT molecular complexity index is 593. The standard InChI is InChI=1S/C13H19N3O3S/c14-9-5-7-10(8-6-9)16-20(18,19)12-4-2-1-3-11(12)13(15)17/h1-4,9-10,16H,5-8,14H2,(H2,15,17). The summed E-state index contributed by atoms with van der Waals surface area (Å²) in [6.45, 7) is 0. The van der Waals surface area contributed by atoms with Crippen LogP contribution in [-0.2, 0) is 10.0 Å². The summed E-state index contributed by atoms with van der Waals surface area (Å²) in [5, 5.41) is 0. The monoisotopic (exact) mass is 297 g/mol. The number of nitrogens with two attached hydrogens (primary N) is 2. The van der Waals surface area contributed by atoms with E-state index in [1.807, 2.05) is 0 Å². The predicted octanol–water partition coefficient (Wildman–Crippen LogP) is 0.334. The molecule has 1 saturated carbocycles. The molecule has 0 spiro atoms. The normalized spacial score (nSPS) is 23.4. The van der Waals surface area contributed by atoms with Crippen LogP contribution in [0.5, 0.6) is 0 Å². The number of primary amides is 1. The van der Waals surface area contributed by atoms with Crippen molar-refractivity contribution in [3.63, 3.8) is 0 Å². The van der Waals surface area contributed by atoms with Crippen LogP contribution in [-0.4, -0.2) is 26.4 Å². The van der Waals surface area contributed by atoms with E-state index in [-0.39, 0.29) is 22.5 Å². The van der Waals surface area contributed by atoms with Crippen molar-refractivity contribution in [1.82, 2.24) is 4.72 Å². The molecule has 1 aliphatic rings. The van der Waals surface area contributed by atoms with E-state index in [9.17, 15) is 13.2 Å². The van der Waals surface area contributed by atoms with Crippen molar-refractivity contribution in [3.8, 4) is 0 Å². The Kier molecular flexibility index (Phi) is 4.42. The van der Waals surface area contributed by atoms with E-state index in [0.29, 0.717) is 12.8 Å². The molecule has 1 aromatic carbocycles. The fourth-order valence-electron chi connectivity index (χ4n) is 2.42. The summed E-state index contributed by atoms with van der Waals surface area (Å²) in [4.78, 5) is 11.2. The molecule has 0 heterocycles. The highest BCUT2D eigenvalue weighted by Gasteiger charge is 2.26. The number of carbonyl (C=O) groups excluding carboxylic acids is 1. The van der Waals surface area contributed by atoms with Crippen molar-refractivity contribution < 1.29 is 13.2 Å². The summed E-state index contributed by atoms with van der Waals surface area (Å²) in [6, 6.07) is 5.95. The number of hydrogen-bond acceptors (Lipinski definition) is 4. The first-order valence-corrected chi connectivity index (χ1v) is 8.05. The van der Waals surface area contributed by atoms with E-state index in [2.05, 4.69) is 4.72 Å². The molecule has 1 amide bonds. The molecule has 0 unspecified atom stereocenters. The van der Waals surface area contributed by atoms with Crippen LogP contribution in [0.4, 0.5) is 0 Å². The van der Waals surface area contributed by atoms with E-state index >= 15 is 0 Å². The van der Waals surface area contributed by atoms with Crippen molar-refractivity contribution in [3.05, 3.63) is 29.8 Å². The summed E-state index contributed by atoms with van der Waals surface area (Å²) < 4.78 is 27.4. The van der Waals surface area contributed by atoms with Crippen LogP contribution in [0.15, 0.2) is 29.2 Å². The maximum atomic E-state index is 12.4. The summed E-state index contributed by atoms with van der Waals surface area (Å²) in [5.74, 6) is -0.753. The van der Waals surface area contributed by atoms with E-state index in [1.165, 1.54) is 12.1 Å². The minimum absolute atomic E-state index is 0.00695. The number of hydrogen-bond donors (Lipinski definition) is 3. The highest BCUT2D eigenvalue weighted by atomic mass is 32.2. The van der Waals surface area contributed by atoms with Gasteiger partial charge in [-0.2, -0.15) is 0 Å². The van der Waals surface area contributed by atoms with Gasteiger partial charge in [-0.05, 0) is 37.8 Å². The molecule has 20 heavy (non-hydrogen) atoms. The molecule has 0 atom stereocenters. The minimum Gasteiger partial charge on any atom is -0.366 e. The molecule has 7 heteroatoms. The molecule has 1 aromatic rings. The lowest BCUT2D eigenvalue weighted by Gasteiger charge is -2.26. The van der Waals surface area contributed by atoms with Gasteiger partial charge in [-0.3, -0.25) is 4.79 Å². The molecule has 0 aliphatic heterocycles. The van der Waals surface area contributed by atoms with E-state index < -0.39 is 15.9 Å². The molecule has 110 valence electrons. The molecule has 5 N–H and O–H groups in total. The van der Waals surface area contributed by atoms with Gasteiger partial charge in [0.15, 0.2) is 0 Å². The Morgan fingerprint density at radius 1 is 1.15 bits per heavy atom. The van der Waals surface area contributed by atoms with Crippen molar-refractivity contribution >= 4 is 15.9 Å². The molecule has 0 radical (unpaired) electrons. The molecular formula is C13H19N3O3S. The Hall–Kier alpha value is -1.44. The lowest BCUT2D eigenvalue weighted by Crippen LogP contribution is -2.40. The smallest absolute Gasteiger partial charge is 0.250 e. The largest absolute Gasteiger partial charge is 0.366 e. The van der Waals surface area contributed by atoms with Crippen molar-refractivity contribution in [2.75, 3.05) is 0 Å². The van der Waals surface area contributed by atoms with E-state index in [0.717, 1.165) is 12.8 Å². The van der Waals surface area contributed by atoms with Crippen molar-refractivity contribution in [2.45, 2.75) is 42.7 Å². The first-order chi connectivity index (χ1) is 9.40. The number of benzene rings is 1. The molecule has 1 fully saturated rings. The van der Waals surface area contributed by atoms with Crippen LogP contribution in [0.3, 0.4) is 0 Å². The van der Waals surface area contributed by atoms with Gasteiger partial charge in [0, 0.05) is 12.1 Å². The molecule has 1 aliphatic carbocycles. The SMILES string of the molecule is NC(=O)c1ccccc1S(=O)(=O)NC1CCC(N)CC1. The number of nitrogens with one attached hydrogen (secondary N) is 1. The highest BCUT2D eigenvalue weighted by Crippen LogP contribution is 2.21. The Morgan fingerprint density at radius 3 is 2.35 bits per heavy atom. The zero-order chi connectivity index (χ0) is 14.8. The number of rotatable bonds is 4. The van der Waals surface area contributed by atoms with Crippen LogP contribution in [0.2, 0.25) is 0 Å². The van der Waals surface area contributed by atoms with Gasteiger partial charge in [0.2, 0.25) is 15.9 Å². The van der Waals surface area contributed by atoms with Crippen LogP contribution < -0.4 is 16.2 Å². The van der Waals surface area contributed by atoms with Crippen LogP contribution in [0.25, 0.3) is 0 Å². The molecule has 2 rings (SSSR count). The Labute approximate surface area is 118 Å². The van der Waals surface area contributed by atoms with Crippen molar-refractivity contribution in [2.24, 2.45) is 11.5 Å². The Balaban J connectivity index is 2.21. The fraction of sp³-hybridized carbons (Fsp3) is 0.462. The van der Waals surface area contributed by atoms with Gasteiger partial charge in [-0.25, -0.2) is 13.1 Å². The zero-order valence-corrected chi connectivity index (χ0v) is 11.9. The minimum atomic E-state index is -3.74. The van der Waals surface area contributed by atoms with E-state index in [4.69, 9.17) is 11.5 Å². The lowest BCUT2D eigenvalue weighted by atomic mass is 9.93. The molecule has 0 saturated heterocycles. The van der Waals surface area contributed by atoms with Gasteiger partial charge in [-0.1, -0.05) is 12.1 Å². The van der Waals surface area contributed by atoms with Gasteiger partial charge in [0.05, 0.1) is 10.5 Å². The molecule has 6 nitrogen and oxygen atoms in total. The van der Waals surface area contributed by atoms with Crippen LogP contribution >= 0.6 is 0 Å². The lowest BCUT2D eigenvalue weighted by molar-refractivity contribution is 0.0997.